The second-order valence-corrected chi connectivity index (χ2v) is 9.89. The molecular formula is C26H36FN3O. The molecule has 0 amide bonds. The van der Waals surface area contributed by atoms with Crippen molar-refractivity contribution in [1.29, 1.82) is 0 Å². The largest absolute Gasteiger partial charge is 0.377 e. The van der Waals surface area contributed by atoms with Crippen LogP contribution in [0.5, 0.6) is 0 Å². The van der Waals surface area contributed by atoms with Gasteiger partial charge in [-0.1, -0.05) is 18.9 Å². The van der Waals surface area contributed by atoms with Crippen LogP contribution in [-0.2, 0) is 11.3 Å². The Morgan fingerprint density at radius 3 is 2.58 bits per heavy atom. The van der Waals surface area contributed by atoms with Crippen LogP contribution in [0.4, 0.5) is 4.39 Å². The lowest BCUT2D eigenvalue weighted by molar-refractivity contribution is 0.0536. The van der Waals surface area contributed by atoms with Crippen molar-refractivity contribution in [3.8, 4) is 0 Å². The van der Waals surface area contributed by atoms with E-state index in [1.54, 1.807) is 12.1 Å². The number of likely N-dealkylation sites (tertiary alicyclic amines) is 1. The predicted molar refractivity (Wildman–Crippen MR) is 123 cm³/mol. The third kappa shape index (κ3) is 5.44. The molecule has 0 spiro atoms. The van der Waals surface area contributed by atoms with Crippen LogP contribution in [0.1, 0.15) is 57.1 Å². The van der Waals surface area contributed by atoms with Gasteiger partial charge in [0.2, 0.25) is 0 Å². The Morgan fingerprint density at radius 2 is 1.81 bits per heavy atom. The molecule has 1 atom stereocenters. The fourth-order valence-corrected chi connectivity index (χ4v) is 5.87. The first kappa shape index (κ1) is 21.3. The van der Waals surface area contributed by atoms with Crippen LogP contribution in [0.15, 0.2) is 30.3 Å². The van der Waals surface area contributed by atoms with E-state index in [0.29, 0.717) is 6.10 Å². The normalized spacial score (nSPS) is 24.0. The fourth-order valence-electron chi connectivity index (χ4n) is 5.87. The highest BCUT2D eigenvalue weighted by atomic mass is 19.1. The van der Waals surface area contributed by atoms with E-state index in [9.17, 15) is 4.39 Å². The molecule has 31 heavy (non-hydrogen) atoms. The SMILES string of the molecule is Fc1ccc2nc(CN(CC3CCN(C4CCCC4)CC3)C[C@H]3CCCO3)ccc2c1. The number of hydrogen-bond acceptors (Lipinski definition) is 4. The van der Waals surface area contributed by atoms with E-state index in [4.69, 9.17) is 9.72 Å². The Morgan fingerprint density at radius 1 is 0.968 bits per heavy atom. The molecule has 3 aliphatic rings. The van der Waals surface area contributed by atoms with Gasteiger partial charge in [0.1, 0.15) is 5.82 Å². The van der Waals surface area contributed by atoms with E-state index in [1.165, 1.54) is 70.5 Å². The number of aromatic nitrogens is 1. The first-order valence-corrected chi connectivity index (χ1v) is 12.4. The zero-order valence-corrected chi connectivity index (χ0v) is 18.6. The fraction of sp³-hybridized carbons (Fsp3) is 0.654. The van der Waals surface area contributed by atoms with Gasteiger partial charge >= 0.3 is 0 Å². The van der Waals surface area contributed by atoms with Crippen LogP contribution in [-0.4, -0.2) is 59.7 Å². The summed E-state index contributed by atoms with van der Waals surface area (Å²) in [6.45, 7) is 6.40. The van der Waals surface area contributed by atoms with Crippen LogP contribution >= 0.6 is 0 Å². The molecule has 0 bridgehead atoms. The summed E-state index contributed by atoms with van der Waals surface area (Å²) in [5.41, 5.74) is 1.95. The van der Waals surface area contributed by atoms with E-state index < -0.39 is 0 Å². The number of hydrogen-bond donors (Lipinski definition) is 0. The van der Waals surface area contributed by atoms with Crippen molar-refractivity contribution in [1.82, 2.24) is 14.8 Å². The lowest BCUT2D eigenvalue weighted by atomic mass is 9.94. The van der Waals surface area contributed by atoms with Gasteiger partial charge in [-0.25, -0.2) is 4.39 Å². The average Bonchev–Trinajstić information content (AvgIpc) is 3.49. The van der Waals surface area contributed by atoms with Crippen molar-refractivity contribution < 1.29 is 9.13 Å². The van der Waals surface area contributed by atoms with Crippen molar-refractivity contribution in [2.75, 3.05) is 32.8 Å². The Labute approximate surface area is 185 Å². The molecule has 4 nitrogen and oxygen atoms in total. The summed E-state index contributed by atoms with van der Waals surface area (Å²) >= 11 is 0. The maximum absolute atomic E-state index is 13.5. The predicted octanol–water partition coefficient (Wildman–Crippen LogP) is 5.01. The van der Waals surface area contributed by atoms with Gasteiger partial charge < -0.3 is 9.64 Å². The lowest BCUT2D eigenvalue weighted by Crippen LogP contribution is -2.43. The third-order valence-corrected chi connectivity index (χ3v) is 7.59. The molecular weight excluding hydrogens is 389 g/mol. The lowest BCUT2D eigenvalue weighted by Gasteiger charge is -2.38. The van der Waals surface area contributed by atoms with Gasteiger partial charge in [0.05, 0.1) is 17.3 Å². The molecule has 168 valence electrons. The summed E-state index contributed by atoms with van der Waals surface area (Å²) in [5.74, 6) is 0.555. The number of pyridine rings is 1. The summed E-state index contributed by atoms with van der Waals surface area (Å²) in [5, 5.41) is 0.869. The number of halogens is 1. The smallest absolute Gasteiger partial charge is 0.123 e. The Balaban J connectivity index is 1.23. The second kappa shape index (κ2) is 9.93. The average molecular weight is 426 g/mol. The monoisotopic (exact) mass is 425 g/mol. The van der Waals surface area contributed by atoms with Gasteiger partial charge in [-0.2, -0.15) is 0 Å². The van der Waals surface area contributed by atoms with Crippen molar-refractivity contribution in [2.24, 2.45) is 5.92 Å². The topological polar surface area (TPSA) is 28.6 Å². The molecule has 0 radical (unpaired) electrons. The molecule has 3 fully saturated rings. The van der Waals surface area contributed by atoms with Crippen LogP contribution in [0.2, 0.25) is 0 Å². The van der Waals surface area contributed by atoms with E-state index in [1.807, 2.05) is 6.07 Å². The van der Waals surface area contributed by atoms with Gasteiger partial charge in [-0.15, -0.1) is 0 Å². The van der Waals surface area contributed by atoms with Crippen LogP contribution in [0, 0.1) is 11.7 Å². The number of rotatable bonds is 7. The Kier molecular flexibility index (Phi) is 6.82. The Bertz CT molecular complexity index is 855. The highest BCUT2D eigenvalue weighted by molar-refractivity contribution is 5.78. The minimum absolute atomic E-state index is 0.203. The first-order valence-electron chi connectivity index (χ1n) is 12.4. The Hall–Kier alpha value is -1.56. The number of piperidine rings is 1. The molecule has 2 aliphatic heterocycles. The summed E-state index contributed by atoms with van der Waals surface area (Å²) < 4.78 is 19.5. The van der Waals surface area contributed by atoms with E-state index in [0.717, 1.165) is 54.8 Å². The number of nitrogens with zero attached hydrogens (tertiary/aromatic N) is 3. The van der Waals surface area contributed by atoms with Gasteiger partial charge in [0.15, 0.2) is 0 Å². The van der Waals surface area contributed by atoms with Crippen molar-refractivity contribution in [3.63, 3.8) is 0 Å². The molecule has 2 saturated heterocycles. The third-order valence-electron chi connectivity index (χ3n) is 7.59. The van der Waals surface area contributed by atoms with Crippen LogP contribution in [0.25, 0.3) is 10.9 Å². The van der Waals surface area contributed by atoms with E-state index in [2.05, 4.69) is 15.9 Å². The molecule has 1 aromatic carbocycles. The van der Waals surface area contributed by atoms with Gasteiger partial charge in [-0.05, 0) is 81.8 Å². The van der Waals surface area contributed by atoms with Crippen molar-refractivity contribution >= 4 is 10.9 Å². The van der Waals surface area contributed by atoms with Gasteiger partial charge in [0.25, 0.3) is 0 Å². The minimum atomic E-state index is -0.203. The summed E-state index contributed by atoms with van der Waals surface area (Å²) in [4.78, 5) is 10.2. The maximum Gasteiger partial charge on any atom is 0.123 e. The molecule has 1 aromatic heterocycles. The number of benzene rings is 1. The van der Waals surface area contributed by atoms with Crippen molar-refractivity contribution in [3.05, 3.63) is 41.8 Å². The summed E-state index contributed by atoms with van der Waals surface area (Å²) in [6, 6.07) is 9.78. The molecule has 1 aliphatic carbocycles. The zero-order valence-electron chi connectivity index (χ0n) is 18.6. The second-order valence-electron chi connectivity index (χ2n) is 9.89. The molecule has 0 unspecified atom stereocenters. The first-order chi connectivity index (χ1) is 15.2. The van der Waals surface area contributed by atoms with Crippen LogP contribution < -0.4 is 0 Å². The number of ether oxygens (including phenoxy) is 1. The quantitative estimate of drug-likeness (QED) is 0.624. The van der Waals surface area contributed by atoms with E-state index in [-0.39, 0.29) is 5.82 Å². The molecule has 5 heteroatoms. The molecule has 2 aromatic rings. The minimum Gasteiger partial charge on any atom is -0.377 e. The van der Waals surface area contributed by atoms with Crippen molar-refractivity contribution in [2.45, 2.75) is 70.1 Å². The standard InChI is InChI=1S/C26H36FN3O/c27-22-8-10-26-21(16-22)7-9-23(28-26)18-29(19-25-6-3-15-31-25)17-20-11-13-30(14-12-20)24-4-1-2-5-24/h7-10,16,20,24-25H,1-6,11-15,17-19H2/t25-/m1/s1. The van der Waals surface area contributed by atoms with E-state index >= 15 is 0 Å². The molecule has 0 N–H and O–H groups in total. The van der Waals surface area contributed by atoms with Gasteiger partial charge in [0, 0.05) is 37.7 Å². The molecule has 1 saturated carbocycles. The zero-order chi connectivity index (χ0) is 21.0. The summed E-state index contributed by atoms with van der Waals surface area (Å²) in [6.07, 6.45) is 11.0. The highest BCUT2D eigenvalue weighted by Crippen LogP contribution is 2.29. The number of fused-ring (bicyclic) bond motifs is 1. The van der Waals surface area contributed by atoms with Gasteiger partial charge in [-0.3, -0.25) is 9.88 Å². The summed E-state index contributed by atoms with van der Waals surface area (Å²) in [7, 11) is 0. The molecule has 3 heterocycles. The maximum atomic E-state index is 13.5. The highest BCUT2D eigenvalue weighted by Gasteiger charge is 2.29. The van der Waals surface area contributed by atoms with Crippen LogP contribution in [0.3, 0.4) is 0 Å². The molecule has 5 rings (SSSR count).